The van der Waals surface area contributed by atoms with Gasteiger partial charge in [-0.2, -0.15) is 0 Å². The maximum atomic E-state index is 12.1. The second-order valence-corrected chi connectivity index (χ2v) is 6.47. The normalized spacial score (nSPS) is 18.5. The van der Waals surface area contributed by atoms with Gasteiger partial charge in [-0.15, -0.1) is 0 Å². The van der Waals surface area contributed by atoms with Crippen molar-refractivity contribution >= 4 is 12.1 Å². The van der Waals surface area contributed by atoms with Gasteiger partial charge in [-0.05, 0) is 26.3 Å². The molecule has 23 heavy (non-hydrogen) atoms. The Morgan fingerprint density at radius 3 is 2.65 bits per heavy atom. The molecule has 2 rings (SSSR count). The van der Waals surface area contributed by atoms with Crippen molar-refractivity contribution in [2.24, 2.45) is 0 Å². The number of amides is 1. The summed E-state index contributed by atoms with van der Waals surface area (Å²) in [6.45, 7) is 6.20. The number of carbonyl (C=O) groups is 2. The molecule has 0 aliphatic carbocycles. The third-order valence-electron chi connectivity index (χ3n) is 3.11. The molecule has 1 aromatic rings. The van der Waals surface area contributed by atoms with Gasteiger partial charge in [0.2, 0.25) is 0 Å². The van der Waals surface area contributed by atoms with E-state index >= 15 is 0 Å². The number of rotatable bonds is 4. The van der Waals surface area contributed by atoms with Gasteiger partial charge in [0.15, 0.2) is 0 Å². The van der Waals surface area contributed by atoms with E-state index in [0.29, 0.717) is 6.61 Å². The van der Waals surface area contributed by atoms with E-state index < -0.39 is 23.8 Å². The van der Waals surface area contributed by atoms with Gasteiger partial charge in [0.05, 0.1) is 19.8 Å². The summed E-state index contributed by atoms with van der Waals surface area (Å²) in [6.07, 6.45) is -0.991. The van der Waals surface area contributed by atoms with E-state index in [1.165, 1.54) is 4.90 Å². The van der Waals surface area contributed by atoms with Gasteiger partial charge in [0.25, 0.3) is 0 Å². The van der Waals surface area contributed by atoms with E-state index in [4.69, 9.17) is 14.2 Å². The van der Waals surface area contributed by atoms with Crippen LogP contribution in [0.5, 0.6) is 0 Å². The van der Waals surface area contributed by atoms with Crippen LogP contribution in [0.25, 0.3) is 0 Å². The highest BCUT2D eigenvalue weighted by Gasteiger charge is 2.32. The number of ether oxygens (including phenoxy) is 3. The number of esters is 1. The van der Waals surface area contributed by atoms with Gasteiger partial charge >= 0.3 is 12.1 Å². The fraction of sp³-hybridized carbons (Fsp3) is 0.529. The topological polar surface area (TPSA) is 65.1 Å². The van der Waals surface area contributed by atoms with E-state index in [9.17, 15) is 9.59 Å². The largest absolute Gasteiger partial charge is 0.457 e. The lowest BCUT2D eigenvalue weighted by Gasteiger charge is -2.33. The Morgan fingerprint density at radius 2 is 2.00 bits per heavy atom. The van der Waals surface area contributed by atoms with E-state index in [0.717, 1.165) is 5.56 Å². The summed E-state index contributed by atoms with van der Waals surface area (Å²) in [6, 6.07) is 9.72. The summed E-state index contributed by atoms with van der Waals surface area (Å²) < 4.78 is 16.1. The molecule has 126 valence electrons. The molecular formula is C17H23NO5. The van der Waals surface area contributed by atoms with Crippen LogP contribution in [-0.4, -0.2) is 48.4 Å². The minimum Gasteiger partial charge on any atom is -0.457 e. The number of nitrogens with zero attached hydrogens (tertiary/aromatic N) is 1. The number of benzene rings is 1. The Bertz CT molecular complexity index is 538. The van der Waals surface area contributed by atoms with Crippen LogP contribution >= 0.6 is 0 Å². The Morgan fingerprint density at radius 1 is 1.30 bits per heavy atom. The molecule has 0 radical (unpaired) electrons. The summed E-state index contributed by atoms with van der Waals surface area (Å²) in [5.41, 5.74) is 0.441. The van der Waals surface area contributed by atoms with Gasteiger partial charge in [-0.3, -0.25) is 9.69 Å². The Hall–Kier alpha value is -2.08. The zero-order chi connectivity index (χ0) is 16.9. The molecule has 1 saturated heterocycles. The van der Waals surface area contributed by atoms with Crippen molar-refractivity contribution in [3.8, 4) is 0 Å². The van der Waals surface area contributed by atoms with Gasteiger partial charge in [0.1, 0.15) is 18.2 Å². The first kappa shape index (κ1) is 17.3. The summed E-state index contributed by atoms with van der Waals surface area (Å²) in [7, 11) is 0. The zero-order valence-electron chi connectivity index (χ0n) is 13.8. The number of carbonyl (C=O) groups excluding carboxylic acids is 2. The number of hydrogen-bond acceptors (Lipinski definition) is 5. The quantitative estimate of drug-likeness (QED) is 0.797. The molecule has 6 nitrogen and oxygen atoms in total. The van der Waals surface area contributed by atoms with E-state index in [2.05, 4.69) is 0 Å². The van der Waals surface area contributed by atoms with Gasteiger partial charge in [0, 0.05) is 0 Å². The van der Waals surface area contributed by atoms with Crippen molar-refractivity contribution in [3.63, 3.8) is 0 Å². The number of hydrogen-bond donors (Lipinski definition) is 0. The minimum absolute atomic E-state index is 0.0932. The average molecular weight is 321 g/mol. The average Bonchev–Trinajstić information content (AvgIpc) is 2.46. The second-order valence-electron chi connectivity index (χ2n) is 6.47. The van der Waals surface area contributed by atoms with Crippen molar-refractivity contribution in [1.82, 2.24) is 4.90 Å². The van der Waals surface area contributed by atoms with E-state index in [-0.39, 0.29) is 19.7 Å². The van der Waals surface area contributed by atoms with Gasteiger partial charge in [-0.1, -0.05) is 30.3 Å². The third-order valence-corrected chi connectivity index (χ3v) is 3.11. The smallest absolute Gasteiger partial charge is 0.410 e. The molecule has 1 aliphatic rings. The number of cyclic esters (lactones) is 1. The molecule has 0 N–H and O–H groups in total. The first-order valence-electron chi connectivity index (χ1n) is 7.62. The van der Waals surface area contributed by atoms with Crippen LogP contribution in [0.4, 0.5) is 4.79 Å². The fourth-order valence-corrected chi connectivity index (χ4v) is 2.16. The van der Waals surface area contributed by atoms with Crippen molar-refractivity contribution in [1.29, 1.82) is 0 Å². The monoisotopic (exact) mass is 321 g/mol. The minimum atomic E-state index is -0.599. The first-order chi connectivity index (χ1) is 10.8. The maximum absolute atomic E-state index is 12.1. The van der Waals surface area contributed by atoms with Crippen LogP contribution in [0.15, 0.2) is 30.3 Å². The Kier molecular flexibility index (Phi) is 5.60. The van der Waals surface area contributed by atoms with E-state index in [1.54, 1.807) is 20.8 Å². The highest BCUT2D eigenvalue weighted by molar-refractivity contribution is 5.79. The highest BCUT2D eigenvalue weighted by atomic mass is 16.6. The Labute approximate surface area is 136 Å². The van der Waals surface area contributed by atoms with Crippen molar-refractivity contribution < 1.29 is 23.8 Å². The van der Waals surface area contributed by atoms with Crippen molar-refractivity contribution in [2.45, 2.75) is 39.1 Å². The maximum Gasteiger partial charge on any atom is 0.410 e. The van der Waals surface area contributed by atoms with Gasteiger partial charge < -0.3 is 14.2 Å². The van der Waals surface area contributed by atoms with Crippen LogP contribution < -0.4 is 0 Å². The third kappa shape index (κ3) is 5.90. The van der Waals surface area contributed by atoms with Crippen LogP contribution in [0, 0.1) is 0 Å². The Balaban J connectivity index is 1.83. The van der Waals surface area contributed by atoms with Crippen LogP contribution in [-0.2, 0) is 25.6 Å². The lowest BCUT2D eigenvalue weighted by atomic mass is 10.2. The molecular weight excluding hydrogens is 298 g/mol. The molecule has 1 aliphatic heterocycles. The second kappa shape index (κ2) is 7.46. The van der Waals surface area contributed by atoms with Gasteiger partial charge in [-0.25, -0.2) is 4.79 Å². The summed E-state index contributed by atoms with van der Waals surface area (Å²) >= 11 is 0. The first-order valence-corrected chi connectivity index (χ1v) is 7.62. The van der Waals surface area contributed by atoms with Crippen LogP contribution in [0.1, 0.15) is 26.3 Å². The SMILES string of the molecule is CC(C)(C)OC(=O)N1CC(=O)O[C@@H](COCc2ccccc2)C1. The molecule has 1 aromatic carbocycles. The van der Waals surface area contributed by atoms with Crippen LogP contribution in [0.3, 0.4) is 0 Å². The lowest BCUT2D eigenvalue weighted by Crippen LogP contribution is -2.50. The fourth-order valence-electron chi connectivity index (χ4n) is 2.16. The molecule has 1 fully saturated rings. The van der Waals surface area contributed by atoms with E-state index in [1.807, 2.05) is 30.3 Å². The molecule has 0 saturated carbocycles. The molecule has 6 heteroatoms. The van der Waals surface area contributed by atoms with Crippen LogP contribution in [0.2, 0.25) is 0 Å². The molecule has 0 bridgehead atoms. The molecule has 0 aromatic heterocycles. The zero-order valence-corrected chi connectivity index (χ0v) is 13.8. The lowest BCUT2D eigenvalue weighted by molar-refractivity contribution is -0.162. The van der Waals surface area contributed by atoms with Crippen molar-refractivity contribution in [3.05, 3.63) is 35.9 Å². The summed E-state index contributed by atoms with van der Waals surface area (Å²) in [5, 5.41) is 0. The number of morpholine rings is 1. The molecule has 0 unspecified atom stereocenters. The highest BCUT2D eigenvalue weighted by Crippen LogP contribution is 2.14. The molecule has 1 atom stereocenters. The predicted molar refractivity (Wildman–Crippen MR) is 83.8 cm³/mol. The summed E-state index contributed by atoms with van der Waals surface area (Å²) in [4.78, 5) is 25.1. The molecule has 1 heterocycles. The standard InChI is InChI=1S/C17H23NO5/c1-17(2,3)23-16(20)18-9-14(22-15(19)10-18)12-21-11-13-7-5-4-6-8-13/h4-8,14H,9-12H2,1-3H3/t14-/m1/s1. The predicted octanol–water partition coefficient (Wildman–Crippen LogP) is 2.37. The summed E-state index contributed by atoms with van der Waals surface area (Å²) in [5.74, 6) is -0.449. The molecule has 1 amide bonds. The molecule has 0 spiro atoms. The van der Waals surface area contributed by atoms with Crippen molar-refractivity contribution in [2.75, 3.05) is 19.7 Å².